The monoisotopic (exact) mass is 347 g/mol. The van der Waals surface area contributed by atoms with Crippen LogP contribution in [-0.2, 0) is 20.0 Å². The minimum absolute atomic E-state index is 0.0858. The quantitative estimate of drug-likeness (QED) is 0.792. The van der Waals surface area contributed by atoms with Gasteiger partial charge in [-0.2, -0.15) is 4.31 Å². The number of nitrogens with zero attached hydrogens (tertiary/aromatic N) is 1. The molecular weight excluding hydrogens is 326 g/mol. The van der Waals surface area contributed by atoms with Crippen molar-refractivity contribution in [3.8, 4) is 0 Å². The highest BCUT2D eigenvalue weighted by molar-refractivity contribution is 7.89. The summed E-state index contributed by atoms with van der Waals surface area (Å²) in [7, 11) is -5.88. The van der Waals surface area contributed by atoms with E-state index in [0.717, 1.165) is 0 Å². The second kappa shape index (κ2) is 6.25. The molecule has 0 amide bonds. The van der Waals surface area contributed by atoms with E-state index in [4.69, 9.17) is 0 Å². The number of benzene rings is 1. The van der Waals surface area contributed by atoms with E-state index in [-0.39, 0.29) is 15.8 Å². The van der Waals surface area contributed by atoms with Gasteiger partial charge in [-0.1, -0.05) is 0 Å². The minimum Gasteiger partial charge on any atom is -0.312 e. The fourth-order valence-electron chi connectivity index (χ4n) is 2.46. The second-order valence-electron chi connectivity index (χ2n) is 5.35. The van der Waals surface area contributed by atoms with Crippen LogP contribution >= 0.6 is 0 Å². The van der Waals surface area contributed by atoms with E-state index in [1.165, 1.54) is 29.6 Å². The van der Waals surface area contributed by atoms with Crippen molar-refractivity contribution in [2.45, 2.75) is 29.7 Å². The summed E-state index contributed by atoms with van der Waals surface area (Å²) in [6.07, 6.45) is 0. The lowest BCUT2D eigenvalue weighted by Crippen LogP contribution is -2.51. The predicted molar refractivity (Wildman–Crippen MR) is 83.6 cm³/mol. The van der Waals surface area contributed by atoms with E-state index >= 15 is 0 Å². The van der Waals surface area contributed by atoms with Gasteiger partial charge >= 0.3 is 0 Å². The number of piperazine rings is 1. The molecule has 1 atom stereocenters. The largest absolute Gasteiger partial charge is 0.312 e. The molecule has 1 aromatic rings. The molecule has 1 heterocycles. The maximum Gasteiger partial charge on any atom is 0.243 e. The smallest absolute Gasteiger partial charge is 0.243 e. The van der Waals surface area contributed by atoms with E-state index in [1.807, 2.05) is 6.92 Å². The first-order chi connectivity index (χ1) is 10.2. The molecule has 9 heteroatoms. The zero-order valence-electron chi connectivity index (χ0n) is 12.8. The van der Waals surface area contributed by atoms with Gasteiger partial charge in [-0.3, -0.25) is 0 Å². The van der Waals surface area contributed by atoms with Crippen LogP contribution in [0.25, 0.3) is 0 Å². The minimum atomic E-state index is -3.61. The number of nitrogens with one attached hydrogen (secondary N) is 2. The van der Waals surface area contributed by atoms with E-state index in [2.05, 4.69) is 10.0 Å². The molecule has 0 spiro atoms. The molecule has 124 valence electrons. The molecule has 0 aromatic heterocycles. The van der Waals surface area contributed by atoms with E-state index < -0.39 is 20.0 Å². The molecule has 0 bridgehead atoms. The highest BCUT2D eigenvalue weighted by Crippen LogP contribution is 2.22. The van der Waals surface area contributed by atoms with Crippen LogP contribution in [0.5, 0.6) is 0 Å². The molecule has 22 heavy (non-hydrogen) atoms. The zero-order chi connectivity index (χ0) is 16.5. The lowest BCUT2D eigenvalue weighted by atomic mass is 10.2. The van der Waals surface area contributed by atoms with Gasteiger partial charge in [-0.25, -0.2) is 21.6 Å². The third-order valence-electron chi connectivity index (χ3n) is 3.67. The van der Waals surface area contributed by atoms with Crippen molar-refractivity contribution in [2.75, 3.05) is 26.7 Å². The maximum atomic E-state index is 12.6. The number of hydrogen-bond acceptors (Lipinski definition) is 5. The first kappa shape index (κ1) is 17.4. The summed E-state index contributed by atoms with van der Waals surface area (Å²) in [4.78, 5) is 0.205. The van der Waals surface area contributed by atoms with Crippen LogP contribution in [0.3, 0.4) is 0 Å². The van der Waals surface area contributed by atoms with Crippen LogP contribution < -0.4 is 10.0 Å². The number of rotatable bonds is 4. The average Bonchev–Trinajstić information content (AvgIpc) is 2.46. The molecule has 1 saturated heterocycles. The van der Waals surface area contributed by atoms with Crippen LogP contribution in [0.4, 0.5) is 0 Å². The predicted octanol–water partition coefficient (Wildman–Crippen LogP) is -0.114. The van der Waals surface area contributed by atoms with Gasteiger partial charge in [0.15, 0.2) is 0 Å². The molecule has 0 radical (unpaired) electrons. The van der Waals surface area contributed by atoms with E-state index in [0.29, 0.717) is 25.2 Å². The van der Waals surface area contributed by atoms with Crippen molar-refractivity contribution >= 4 is 20.0 Å². The third kappa shape index (κ3) is 3.33. The molecule has 1 aliphatic heterocycles. The fraction of sp³-hybridized carbons (Fsp3) is 0.538. The van der Waals surface area contributed by atoms with Crippen molar-refractivity contribution in [1.29, 1.82) is 0 Å². The fourth-order valence-corrected chi connectivity index (χ4v) is 5.02. The van der Waals surface area contributed by atoms with Crippen LogP contribution in [0.2, 0.25) is 0 Å². The Hall–Kier alpha value is -1.00. The topological polar surface area (TPSA) is 95.6 Å². The second-order valence-corrected chi connectivity index (χ2v) is 9.15. The van der Waals surface area contributed by atoms with Gasteiger partial charge in [0.25, 0.3) is 0 Å². The lowest BCUT2D eigenvalue weighted by molar-refractivity contribution is 0.310. The van der Waals surface area contributed by atoms with Gasteiger partial charge < -0.3 is 5.32 Å². The van der Waals surface area contributed by atoms with Gasteiger partial charge in [0.1, 0.15) is 0 Å². The highest BCUT2D eigenvalue weighted by Gasteiger charge is 2.29. The molecule has 7 nitrogen and oxygen atoms in total. The van der Waals surface area contributed by atoms with Crippen LogP contribution in [0, 0.1) is 6.92 Å². The molecule has 1 aromatic carbocycles. The summed E-state index contributed by atoms with van der Waals surface area (Å²) in [5.74, 6) is 0. The molecular formula is C13H21N3O4S2. The molecule has 1 fully saturated rings. The van der Waals surface area contributed by atoms with Gasteiger partial charge in [0, 0.05) is 25.7 Å². The zero-order valence-corrected chi connectivity index (χ0v) is 14.5. The van der Waals surface area contributed by atoms with Crippen molar-refractivity contribution in [2.24, 2.45) is 0 Å². The number of sulfonamides is 2. The SMILES string of the molecule is CNS(=O)(=O)c1ccc(S(=O)(=O)N2CCN[C@@H](C)C2)cc1C. The summed E-state index contributed by atoms with van der Waals surface area (Å²) in [5, 5.41) is 3.19. The Labute approximate surface area is 131 Å². The highest BCUT2D eigenvalue weighted by atomic mass is 32.2. The Morgan fingerprint density at radius 3 is 2.50 bits per heavy atom. The Morgan fingerprint density at radius 2 is 1.95 bits per heavy atom. The summed E-state index contributed by atoms with van der Waals surface area (Å²) < 4.78 is 52.6. The van der Waals surface area contributed by atoms with Crippen LogP contribution in [0.15, 0.2) is 28.0 Å². The normalized spacial score (nSPS) is 21.0. The summed E-state index contributed by atoms with van der Waals surface area (Å²) in [6.45, 7) is 4.92. The van der Waals surface area contributed by atoms with Gasteiger partial charge in [0.2, 0.25) is 20.0 Å². The van der Waals surface area contributed by atoms with Crippen molar-refractivity contribution < 1.29 is 16.8 Å². The third-order valence-corrected chi connectivity index (χ3v) is 7.11. The van der Waals surface area contributed by atoms with Gasteiger partial charge in [-0.15, -0.1) is 0 Å². The summed E-state index contributed by atoms with van der Waals surface area (Å²) >= 11 is 0. The number of hydrogen-bond donors (Lipinski definition) is 2. The van der Waals surface area contributed by atoms with Crippen molar-refractivity contribution in [1.82, 2.24) is 14.3 Å². The van der Waals surface area contributed by atoms with Gasteiger partial charge in [0.05, 0.1) is 9.79 Å². The molecule has 2 rings (SSSR count). The molecule has 1 aliphatic rings. The van der Waals surface area contributed by atoms with Crippen LogP contribution in [-0.4, -0.2) is 53.9 Å². The van der Waals surface area contributed by atoms with Crippen LogP contribution in [0.1, 0.15) is 12.5 Å². The average molecular weight is 347 g/mol. The van der Waals surface area contributed by atoms with E-state index in [1.54, 1.807) is 6.92 Å². The number of aryl methyl sites for hydroxylation is 1. The summed E-state index contributed by atoms with van der Waals surface area (Å²) in [6, 6.07) is 4.18. The standard InChI is InChI=1S/C13H21N3O4S2/c1-10-8-12(4-5-13(10)21(17,18)14-3)22(19,20)16-7-6-15-11(2)9-16/h4-5,8,11,14-15H,6-7,9H2,1-3H3/t11-/m0/s1. The molecule has 2 N–H and O–H groups in total. The van der Waals surface area contributed by atoms with Crippen molar-refractivity contribution in [3.63, 3.8) is 0 Å². The van der Waals surface area contributed by atoms with Gasteiger partial charge in [-0.05, 0) is 44.7 Å². The molecule has 0 aliphatic carbocycles. The van der Waals surface area contributed by atoms with E-state index in [9.17, 15) is 16.8 Å². The Morgan fingerprint density at radius 1 is 1.27 bits per heavy atom. The first-order valence-electron chi connectivity index (χ1n) is 6.96. The Bertz CT molecular complexity index is 759. The first-order valence-corrected chi connectivity index (χ1v) is 9.88. The Kier molecular flexibility index (Phi) is 4.93. The molecule has 0 saturated carbocycles. The lowest BCUT2D eigenvalue weighted by Gasteiger charge is -2.31. The van der Waals surface area contributed by atoms with Crippen molar-refractivity contribution in [3.05, 3.63) is 23.8 Å². The Balaban J connectivity index is 2.39. The molecule has 0 unspecified atom stereocenters. The maximum absolute atomic E-state index is 12.6. The summed E-state index contributed by atoms with van der Waals surface area (Å²) in [5.41, 5.74) is 0.401.